The third-order valence-corrected chi connectivity index (χ3v) is 7.03. The average Bonchev–Trinajstić information content (AvgIpc) is 2.83. The van der Waals surface area contributed by atoms with Crippen LogP contribution >= 0.6 is 0 Å². The molecule has 3 aromatic rings. The summed E-state index contributed by atoms with van der Waals surface area (Å²) in [7, 11) is -1.28. The predicted octanol–water partition coefficient (Wildman–Crippen LogP) is 5.59. The summed E-state index contributed by atoms with van der Waals surface area (Å²) in [6.07, 6.45) is -3.85. The van der Waals surface area contributed by atoms with Crippen molar-refractivity contribution in [2.45, 2.75) is 31.2 Å². The van der Waals surface area contributed by atoms with E-state index in [2.05, 4.69) is 11.6 Å². The number of aromatic nitrogens is 1. The highest BCUT2D eigenvalue weighted by Crippen LogP contribution is 2.38. The van der Waals surface area contributed by atoms with Gasteiger partial charge < -0.3 is 14.4 Å². The van der Waals surface area contributed by atoms with E-state index in [-0.39, 0.29) is 24.5 Å². The fourth-order valence-corrected chi connectivity index (χ4v) is 5.00. The van der Waals surface area contributed by atoms with E-state index in [1.807, 2.05) is 24.3 Å². The quantitative estimate of drug-likeness (QED) is 0.325. The van der Waals surface area contributed by atoms with Gasteiger partial charge in [-0.1, -0.05) is 30.3 Å². The summed E-state index contributed by atoms with van der Waals surface area (Å²) in [4.78, 5) is 5.80. The molecule has 0 amide bonds. The van der Waals surface area contributed by atoms with Crippen LogP contribution < -0.4 is 14.4 Å². The van der Waals surface area contributed by atoms with Gasteiger partial charge in [0, 0.05) is 13.1 Å². The van der Waals surface area contributed by atoms with E-state index >= 15 is 0 Å². The Morgan fingerprint density at radius 1 is 0.944 bits per heavy atom. The molecule has 0 aliphatic rings. The number of ether oxygens (including phenoxy) is 2. The molecule has 0 saturated carbocycles. The lowest BCUT2D eigenvalue weighted by atomic mass is 10.1. The first-order valence-electron chi connectivity index (χ1n) is 10.9. The summed E-state index contributed by atoms with van der Waals surface area (Å²) >= 11 is 0. The van der Waals surface area contributed by atoms with Crippen molar-refractivity contribution in [3.05, 3.63) is 89.5 Å². The monoisotopic (exact) mass is 520 g/mol. The van der Waals surface area contributed by atoms with E-state index in [0.717, 1.165) is 17.2 Å². The van der Waals surface area contributed by atoms with Crippen molar-refractivity contribution < 1.29 is 31.1 Å². The van der Waals surface area contributed by atoms with Gasteiger partial charge in [-0.05, 0) is 53.9 Å². The molecule has 10 heteroatoms. The summed E-state index contributed by atoms with van der Waals surface area (Å²) in [6, 6.07) is 15.6. The van der Waals surface area contributed by atoms with Gasteiger partial charge in [-0.3, -0.25) is 0 Å². The highest BCUT2D eigenvalue weighted by Gasteiger charge is 2.40. The third kappa shape index (κ3) is 6.37. The maximum atomic E-state index is 13.9. The highest BCUT2D eigenvalue weighted by atomic mass is 32.2. The molecule has 2 aromatic carbocycles. The standard InChI is InChI=1S/C26H27F3N2O4S/c1-5-14-36(32,33)25-24(26(27,28)29)18(2)15-23(30-25)31(16-19-6-10-21(34-3)11-7-19)17-20-8-12-22(35-4)13-9-20/h5-13,15H,1,14,16-17H2,2-4H3. The smallest absolute Gasteiger partial charge is 0.419 e. The van der Waals surface area contributed by atoms with Crippen LogP contribution in [0.25, 0.3) is 0 Å². The van der Waals surface area contributed by atoms with E-state index in [1.165, 1.54) is 13.0 Å². The van der Waals surface area contributed by atoms with Crippen molar-refractivity contribution in [1.82, 2.24) is 4.98 Å². The molecule has 1 aromatic heterocycles. The minimum atomic E-state index is -4.89. The van der Waals surface area contributed by atoms with Crippen LogP contribution in [-0.2, 0) is 29.1 Å². The summed E-state index contributed by atoms with van der Waals surface area (Å²) < 4.78 is 77.6. The fourth-order valence-electron chi connectivity index (χ4n) is 3.71. The number of alkyl halides is 3. The zero-order valence-electron chi connectivity index (χ0n) is 20.2. The molecule has 36 heavy (non-hydrogen) atoms. The second-order valence-electron chi connectivity index (χ2n) is 8.10. The second-order valence-corrected chi connectivity index (χ2v) is 10.0. The first-order chi connectivity index (χ1) is 17.0. The Balaban J connectivity index is 2.14. The first kappa shape index (κ1) is 27.1. The fraction of sp³-hybridized carbons (Fsp3) is 0.269. The lowest BCUT2D eigenvalue weighted by molar-refractivity contribution is -0.140. The molecule has 1 heterocycles. The number of sulfone groups is 1. The Kier molecular flexibility index (Phi) is 8.29. The number of pyridine rings is 1. The summed E-state index contributed by atoms with van der Waals surface area (Å²) in [6.45, 7) is 5.12. The number of benzene rings is 2. The number of aryl methyl sites for hydroxylation is 1. The number of nitrogens with zero attached hydrogens (tertiary/aromatic N) is 2. The van der Waals surface area contributed by atoms with Crippen molar-refractivity contribution >= 4 is 15.7 Å². The zero-order chi connectivity index (χ0) is 26.5. The zero-order valence-corrected chi connectivity index (χ0v) is 21.0. The molecular weight excluding hydrogens is 493 g/mol. The minimum absolute atomic E-state index is 0.106. The maximum Gasteiger partial charge on any atom is 0.419 e. The van der Waals surface area contributed by atoms with Crippen LogP contribution in [0.2, 0.25) is 0 Å². The number of hydrogen-bond acceptors (Lipinski definition) is 6. The van der Waals surface area contributed by atoms with Gasteiger partial charge in [-0.15, -0.1) is 6.58 Å². The van der Waals surface area contributed by atoms with E-state index in [0.29, 0.717) is 11.5 Å². The predicted molar refractivity (Wildman–Crippen MR) is 132 cm³/mol. The van der Waals surface area contributed by atoms with E-state index in [4.69, 9.17) is 9.47 Å². The number of halogens is 3. The summed E-state index contributed by atoms with van der Waals surface area (Å²) in [5.41, 5.74) is 0.171. The van der Waals surface area contributed by atoms with Crippen molar-refractivity contribution in [2.75, 3.05) is 24.9 Å². The molecule has 0 bridgehead atoms. The first-order valence-corrected chi connectivity index (χ1v) is 12.6. The van der Waals surface area contributed by atoms with Gasteiger partial charge in [0.2, 0.25) is 0 Å². The normalized spacial score (nSPS) is 11.7. The number of hydrogen-bond donors (Lipinski definition) is 0. The van der Waals surface area contributed by atoms with Crippen LogP contribution in [0.4, 0.5) is 19.0 Å². The minimum Gasteiger partial charge on any atom is -0.497 e. The maximum absolute atomic E-state index is 13.9. The van der Waals surface area contributed by atoms with E-state index < -0.39 is 32.4 Å². The Hall–Kier alpha value is -3.53. The molecule has 0 atom stereocenters. The van der Waals surface area contributed by atoms with Crippen LogP contribution in [0.5, 0.6) is 11.5 Å². The molecular formula is C26H27F3N2O4S. The Labute approximate surface area is 208 Å². The molecule has 3 rings (SSSR count). The lowest BCUT2D eigenvalue weighted by Gasteiger charge is -2.26. The average molecular weight is 521 g/mol. The third-order valence-electron chi connectivity index (χ3n) is 5.47. The summed E-state index contributed by atoms with van der Waals surface area (Å²) in [5.74, 6) is 0.751. The van der Waals surface area contributed by atoms with Crippen molar-refractivity contribution in [2.24, 2.45) is 0 Å². The molecule has 192 valence electrons. The van der Waals surface area contributed by atoms with Crippen LogP contribution in [0.1, 0.15) is 22.3 Å². The van der Waals surface area contributed by atoms with E-state index in [9.17, 15) is 21.6 Å². The Morgan fingerprint density at radius 2 is 1.42 bits per heavy atom. The van der Waals surface area contributed by atoms with Crippen LogP contribution in [-0.4, -0.2) is 33.4 Å². The molecule has 0 spiro atoms. The SMILES string of the molecule is C=CCS(=O)(=O)c1nc(N(Cc2ccc(OC)cc2)Cc2ccc(OC)cc2)cc(C)c1C(F)(F)F. The second kappa shape index (κ2) is 11.0. The van der Waals surface area contributed by atoms with Gasteiger partial charge >= 0.3 is 6.18 Å². The van der Waals surface area contributed by atoms with Gasteiger partial charge in [0.15, 0.2) is 14.9 Å². The number of anilines is 1. The van der Waals surface area contributed by atoms with Crippen molar-refractivity contribution in [1.29, 1.82) is 0 Å². The summed E-state index contributed by atoms with van der Waals surface area (Å²) in [5, 5.41) is -1.00. The molecule has 0 unspecified atom stereocenters. The molecule has 0 radical (unpaired) electrons. The van der Waals surface area contributed by atoms with Gasteiger partial charge in [0.25, 0.3) is 0 Å². The Bertz CT molecular complexity index is 1260. The van der Waals surface area contributed by atoms with Gasteiger partial charge in [-0.2, -0.15) is 13.2 Å². The number of rotatable bonds is 10. The van der Waals surface area contributed by atoms with Crippen LogP contribution in [0, 0.1) is 6.92 Å². The van der Waals surface area contributed by atoms with Crippen molar-refractivity contribution in [3.8, 4) is 11.5 Å². The van der Waals surface area contributed by atoms with Gasteiger partial charge in [0.05, 0.1) is 25.5 Å². The van der Waals surface area contributed by atoms with Gasteiger partial charge in [-0.25, -0.2) is 13.4 Å². The number of methoxy groups -OCH3 is 2. The highest BCUT2D eigenvalue weighted by molar-refractivity contribution is 7.91. The molecule has 0 fully saturated rings. The largest absolute Gasteiger partial charge is 0.497 e. The molecule has 0 N–H and O–H groups in total. The van der Waals surface area contributed by atoms with Crippen molar-refractivity contribution in [3.63, 3.8) is 0 Å². The Morgan fingerprint density at radius 3 is 1.81 bits per heavy atom. The molecule has 6 nitrogen and oxygen atoms in total. The van der Waals surface area contributed by atoms with Crippen LogP contribution in [0.15, 0.2) is 72.3 Å². The molecule has 0 saturated heterocycles. The lowest BCUT2D eigenvalue weighted by Crippen LogP contribution is -2.26. The molecule has 0 aliphatic carbocycles. The van der Waals surface area contributed by atoms with Crippen LogP contribution in [0.3, 0.4) is 0 Å². The van der Waals surface area contributed by atoms with E-state index in [1.54, 1.807) is 43.4 Å². The van der Waals surface area contributed by atoms with Gasteiger partial charge in [0.1, 0.15) is 17.3 Å². The molecule has 0 aliphatic heterocycles. The topological polar surface area (TPSA) is 68.7 Å².